The van der Waals surface area contributed by atoms with Crippen molar-refractivity contribution in [1.29, 1.82) is 0 Å². The van der Waals surface area contributed by atoms with Gasteiger partial charge in [0.25, 0.3) is 0 Å². The van der Waals surface area contributed by atoms with Crippen LogP contribution < -0.4 is 0 Å². The van der Waals surface area contributed by atoms with Crippen LogP contribution >= 0.6 is 0 Å². The molecule has 4 atom stereocenters. The van der Waals surface area contributed by atoms with Gasteiger partial charge < -0.3 is 14.9 Å². The van der Waals surface area contributed by atoms with Gasteiger partial charge in [-0.2, -0.15) is 0 Å². The highest BCUT2D eigenvalue weighted by Gasteiger charge is 2.44. The van der Waals surface area contributed by atoms with Crippen molar-refractivity contribution in [3.05, 3.63) is 71.8 Å². The van der Waals surface area contributed by atoms with E-state index in [1.54, 1.807) is 0 Å². The Labute approximate surface area is 124 Å². The second kappa shape index (κ2) is 6.39. The Hall–Kier alpha value is -1.68. The summed E-state index contributed by atoms with van der Waals surface area (Å²) in [6.45, 7) is 0.0161. The Bertz CT molecular complexity index is 504. The first-order valence-corrected chi connectivity index (χ1v) is 7.32. The molecule has 3 heteroatoms. The molecule has 4 unspecified atom stereocenters. The Balaban J connectivity index is 1.93. The van der Waals surface area contributed by atoms with E-state index < -0.39 is 0 Å². The SMILES string of the molecule is OCC1C(c2ccccc2)OC(c2ccccc2)C1CO. The minimum absolute atomic E-state index is 0.00806. The van der Waals surface area contributed by atoms with Crippen LogP contribution in [0.25, 0.3) is 0 Å². The van der Waals surface area contributed by atoms with Crippen LogP contribution in [-0.4, -0.2) is 23.4 Å². The molecule has 3 nitrogen and oxygen atoms in total. The van der Waals surface area contributed by atoms with E-state index >= 15 is 0 Å². The van der Waals surface area contributed by atoms with E-state index in [4.69, 9.17) is 4.74 Å². The second-order valence-corrected chi connectivity index (χ2v) is 5.49. The van der Waals surface area contributed by atoms with E-state index in [-0.39, 0.29) is 37.3 Å². The average molecular weight is 284 g/mol. The number of hydrogen-bond donors (Lipinski definition) is 2. The van der Waals surface area contributed by atoms with Gasteiger partial charge in [0, 0.05) is 25.0 Å². The fraction of sp³-hybridized carbons (Fsp3) is 0.333. The van der Waals surface area contributed by atoms with Crippen LogP contribution in [0.1, 0.15) is 23.3 Å². The standard InChI is InChI=1S/C18H20O3/c19-11-15-16(12-20)18(14-9-5-2-6-10-14)21-17(15)13-7-3-1-4-8-13/h1-10,15-20H,11-12H2. The highest BCUT2D eigenvalue weighted by molar-refractivity contribution is 5.24. The summed E-state index contributed by atoms with van der Waals surface area (Å²) in [5, 5.41) is 19.5. The molecule has 1 saturated heterocycles. The highest BCUT2D eigenvalue weighted by Crippen LogP contribution is 2.48. The van der Waals surface area contributed by atoms with Crippen molar-refractivity contribution >= 4 is 0 Å². The molecule has 21 heavy (non-hydrogen) atoms. The van der Waals surface area contributed by atoms with Crippen LogP contribution in [0.5, 0.6) is 0 Å². The monoisotopic (exact) mass is 284 g/mol. The molecule has 2 N–H and O–H groups in total. The van der Waals surface area contributed by atoms with Crippen molar-refractivity contribution in [3.63, 3.8) is 0 Å². The van der Waals surface area contributed by atoms with E-state index in [1.165, 1.54) is 0 Å². The number of aliphatic hydroxyl groups is 2. The lowest BCUT2D eigenvalue weighted by molar-refractivity contribution is 0.0185. The quantitative estimate of drug-likeness (QED) is 0.907. The van der Waals surface area contributed by atoms with Crippen LogP contribution in [0.15, 0.2) is 60.7 Å². The summed E-state index contributed by atoms with van der Waals surface area (Å²) in [7, 11) is 0. The molecule has 0 bridgehead atoms. The first-order valence-electron chi connectivity index (χ1n) is 7.32. The third-order valence-electron chi connectivity index (χ3n) is 4.30. The van der Waals surface area contributed by atoms with Gasteiger partial charge in [-0.15, -0.1) is 0 Å². The van der Waals surface area contributed by atoms with Crippen LogP contribution in [-0.2, 0) is 4.74 Å². The zero-order chi connectivity index (χ0) is 14.7. The maximum Gasteiger partial charge on any atom is 0.0888 e. The molecule has 0 aliphatic carbocycles. The van der Waals surface area contributed by atoms with Crippen LogP contribution in [0.4, 0.5) is 0 Å². The maximum atomic E-state index is 9.77. The molecule has 110 valence electrons. The summed E-state index contributed by atoms with van der Waals surface area (Å²) >= 11 is 0. The second-order valence-electron chi connectivity index (χ2n) is 5.49. The summed E-state index contributed by atoms with van der Waals surface area (Å²) in [6, 6.07) is 19.8. The molecule has 2 aromatic carbocycles. The Morgan fingerprint density at radius 3 is 1.38 bits per heavy atom. The number of hydrogen-bond acceptors (Lipinski definition) is 3. The van der Waals surface area contributed by atoms with Crippen molar-refractivity contribution < 1.29 is 14.9 Å². The maximum absolute atomic E-state index is 9.77. The van der Waals surface area contributed by atoms with E-state index in [2.05, 4.69) is 0 Å². The Morgan fingerprint density at radius 2 is 1.05 bits per heavy atom. The van der Waals surface area contributed by atoms with Crippen molar-refractivity contribution in [2.75, 3.05) is 13.2 Å². The van der Waals surface area contributed by atoms with Crippen molar-refractivity contribution in [2.45, 2.75) is 12.2 Å². The molecule has 1 fully saturated rings. The summed E-state index contributed by atoms with van der Waals surface area (Å²) in [4.78, 5) is 0. The molecule has 0 spiro atoms. The van der Waals surface area contributed by atoms with Crippen LogP contribution in [0.3, 0.4) is 0 Å². The molecule has 0 radical (unpaired) electrons. The molecular formula is C18H20O3. The molecule has 0 saturated carbocycles. The molecular weight excluding hydrogens is 264 g/mol. The predicted molar refractivity (Wildman–Crippen MR) is 80.6 cm³/mol. The minimum Gasteiger partial charge on any atom is -0.396 e. The molecule has 1 heterocycles. The largest absolute Gasteiger partial charge is 0.396 e. The number of ether oxygens (including phenoxy) is 1. The van der Waals surface area contributed by atoms with Crippen LogP contribution in [0.2, 0.25) is 0 Å². The van der Waals surface area contributed by atoms with E-state index in [9.17, 15) is 10.2 Å². The lowest BCUT2D eigenvalue weighted by atomic mass is 9.84. The number of aliphatic hydroxyl groups excluding tert-OH is 2. The minimum atomic E-state index is -0.182. The van der Waals surface area contributed by atoms with E-state index in [1.807, 2.05) is 60.7 Å². The van der Waals surface area contributed by atoms with Gasteiger partial charge in [-0.05, 0) is 11.1 Å². The van der Waals surface area contributed by atoms with Crippen LogP contribution in [0, 0.1) is 11.8 Å². The average Bonchev–Trinajstić information content (AvgIpc) is 2.95. The zero-order valence-electron chi connectivity index (χ0n) is 11.8. The zero-order valence-corrected chi connectivity index (χ0v) is 11.8. The number of rotatable bonds is 4. The summed E-state index contributed by atoms with van der Waals surface area (Å²) in [6.07, 6.45) is -0.364. The van der Waals surface area contributed by atoms with Crippen molar-refractivity contribution in [2.24, 2.45) is 11.8 Å². The molecule has 3 rings (SSSR count). The molecule has 1 aliphatic rings. The summed E-state index contributed by atoms with van der Waals surface area (Å²) in [5.41, 5.74) is 2.10. The van der Waals surface area contributed by atoms with Gasteiger partial charge in [-0.25, -0.2) is 0 Å². The lowest BCUT2D eigenvalue weighted by Gasteiger charge is -2.20. The normalized spacial score (nSPS) is 28.7. The van der Waals surface area contributed by atoms with E-state index in [0.717, 1.165) is 11.1 Å². The molecule has 2 aromatic rings. The Kier molecular flexibility index (Phi) is 4.34. The van der Waals surface area contributed by atoms with Gasteiger partial charge in [0.15, 0.2) is 0 Å². The topological polar surface area (TPSA) is 49.7 Å². The first-order chi connectivity index (χ1) is 10.3. The molecule has 1 aliphatic heterocycles. The van der Waals surface area contributed by atoms with Gasteiger partial charge in [-0.3, -0.25) is 0 Å². The third kappa shape index (κ3) is 2.72. The summed E-state index contributed by atoms with van der Waals surface area (Å²) < 4.78 is 6.22. The van der Waals surface area contributed by atoms with Crippen molar-refractivity contribution in [3.8, 4) is 0 Å². The van der Waals surface area contributed by atoms with E-state index in [0.29, 0.717) is 0 Å². The smallest absolute Gasteiger partial charge is 0.0888 e. The van der Waals surface area contributed by atoms with Gasteiger partial charge >= 0.3 is 0 Å². The Morgan fingerprint density at radius 1 is 0.667 bits per heavy atom. The summed E-state index contributed by atoms with van der Waals surface area (Å²) in [5.74, 6) is -0.190. The van der Waals surface area contributed by atoms with Gasteiger partial charge in [-0.1, -0.05) is 60.7 Å². The third-order valence-corrected chi connectivity index (χ3v) is 4.30. The van der Waals surface area contributed by atoms with Gasteiger partial charge in [0.1, 0.15) is 0 Å². The number of benzene rings is 2. The molecule has 0 amide bonds. The molecule has 0 aromatic heterocycles. The predicted octanol–water partition coefficient (Wildman–Crippen LogP) is 2.72. The van der Waals surface area contributed by atoms with Gasteiger partial charge in [0.2, 0.25) is 0 Å². The van der Waals surface area contributed by atoms with Gasteiger partial charge in [0.05, 0.1) is 12.2 Å². The lowest BCUT2D eigenvalue weighted by Crippen LogP contribution is -2.23. The fourth-order valence-corrected chi connectivity index (χ4v) is 3.21. The first kappa shape index (κ1) is 14.3. The highest BCUT2D eigenvalue weighted by atomic mass is 16.5. The fourth-order valence-electron chi connectivity index (χ4n) is 3.21. The van der Waals surface area contributed by atoms with Crippen molar-refractivity contribution in [1.82, 2.24) is 0 Å².